The first-order valence-electron chi connectivity index (χ1n) is 5.38. The number of methoxy groups -OCH3 is 1. The highest BCUT2D eigenvalue weighted by atomic mass is 31.1. The van der Waals surface area contributed by atoms with Crippen LogP contribution >= 0.6 is 8.46 Å². The summed E-state index contributed by atoms with van der Waals surface area (Å²) in [5.41, 5.74) is 2.17. The molecule has 0 aliphatic carbocycles. The zero-order valence-electron chi connectivity index (χ0n) is 9.59. The van der Waals surface area contributed by atoms with E-state index in [1.54, 1.807) is 7.11 Å². The maximum absolute atomic E-state index is 11.0. The highest BCUT2D eigenvalue weighted by Crippen LogP contribution is 2.21. The summed E-state index contributed by atoms with van der Waals surface area (Å²) >= 11 is 0. The minimum Gasteiger partial charge on any atom is -0.496 e. The summed E-state index contributed by atoms with van der Waals surface area (Å²) in [5, 5.41) is 0.832. The second kappa shape index (κ2) is 5.60. The lowest BCUT2D eigenvalue weighted by atomic mass is 10.0. The van der Waals surface area contributed by atoms with E-state index in [2.05, 4.69) is 0 Å². The van der Waals surface area contributed by atoms with E-state index in [0.717, 1.165) is 28.6 Å². The summed E-state index contributed by atoms with van der Waals surface area (Å²) in [4.78, 5) is 0. The smallest absolute Gasteiger partial charge is 0.192 e. The van der Waals surface area contributed by atoms with Crippen molar-refractivity contribution in [2.45, 2.75) is 6.42 Å². The van der Waals surface area contributed by atoms with Crippen molar-refractivity contribution in [3.8, 4) is 5.75 Å². The Kier molecular flexibility index (Phi) is 3.89. The third kappa shape index (κ3) is 2.72. The van der Waals surface area contributed by atoms with Crippen molar-refractivity contribution in [2.24, 2.45) is 0 Å². The lowest BCUT2D eigenvalue weighted by Crippen LogP contribution is -2.03. The van der Waals surface area contributed by atoms with Gasteiger partial charge in [-0.1, -0.05) is 36.4 Å². The summed E-state index contributed by atoms with van der Waals surface area (Å²) in [7, 11) is 1.73. The van der Waals surface area contributed by atoms with Crippen LogP contribution in [0.4, 0.5) is 0 Å². The molecule has 0 amide bonds. The van der Waals surface area contributed by atoms with Crippen molar-refractivity contribution in [1.29, 1.82) is 0 Å². The Hall–Kier alpha value is -1.66. The molecule has 0 aliphatic rings. The fourth-order valence-electron chi connectivity index (χ4n) is 1.80. The van der Waals surface area contributed by atoms with Crippen LogP contribution in [0, 0.1) is 0 Å². The first kappa shape index (κ1) is 11.8. The van der Waals surface area contributed by atoms with Gasteiger partial charge in [0.05, 0.1) is 7.11 Å². The molecule has 0 fully saturated rings. The van der Waals surface area contributed by atoms with Gasteiger partial charge in [0.15, 0.2) is 8.46 Å². The highest BCUT2D eigenvalue weighted by Gasteiger charge is 2.06. The largest absolute Gasteiger partial charge is 0.496 e. The Balaban J connectivity index is 2.34. The minimum absolute atomic E-state index is 0.0623. The van der Waals surface area contributed by atoms with Crippen LogP contribution in [0.5, 0.6) is 5.75 Å². The second-order valence-corrected chi connectivity index (χ2v) is 4.37. The fourth-order valence-corrected chi connectivity index (χ4v) is 2.22. The van der Waals surface area contributed by atoms with Gasteiger partial charge in [-0.25, -0.2) is 0 Å². The predicted molar refractivity (Wildman–Crippen MR) is 69.5 cm³/mol. The maximum atomic E-state index is 11.0. The van der Waals surface area contributed by atoms with E-state index in [9.17, 15) is 4.57 Å². The zero-order valence-corrected chi connectivity index (χ0v) is 10.5. The van der Waals surface area contributed by atoms with Crippen LogP contribution in [0.15, 0.2) is 48.5 Å². The average Bonchev–Trinajstić information content (AvgIpc) is 2.40. The van der Waals surface area contributed by atoms with Crippen LogP contribution in [-0.4, -0.2) is 7.11 Å². The van der Waals surface area contributed by atoms with Gasteiger partial charge in [0.1, 0.15) is 5.75 Å². The molecule has 0 aliphatic heterocycles. The predicted octanol–water partition coefficient (Wildman–Crippen LogP) is 3.20. The number of hydrogen-bond acceptors (Lipinski definition) is 2. The summed E-state index contributed by atoms with van der Waals surface area (Å²) in [5.74, 6) is 0.866. The fraction of sp³-hybridized carbons (Fsp3) is 0.143. The van der Waals surface area contributed by atoms with Crippen LogP contribution in [-0.2, 0) is 11.0 Å². The number of hydrogen-bond donors (Lipinski definition) is 0. The minimum atomic E-state index is 0.0623. The van der Waals surface area contributed by atoms with Gasteiger partial charge in [0, 0.05) is 11.7 Å². The van der Waals surface area contributed by atoms with E-state index < -0.39 is 0 Å². The molecule has 17 heavy (non-hydrogen) atoms. The number of rotatable bonds is 4. The van der Waals surface area contributed by atoms with E-state index in [0.29, 0.717) is 0 Å². The van der Waals surface area contributed by atoms with Gasteiger partial charge in [-0.3, -0.25) is 4.57 Å². The molecule has 0 spiro atoms. The molecule has 0 bridgehead atoms. The van der Waals surface area contributed by atoms with Crippen molar-refractivity contribution < 1.29 is 9.30 Å². The topological polar surface area (TPSA) is 26.3 Å². The maximum Gasteiger partial charge on any atom is 0.192 e. The monoisotopic (exact) mass is 244 g/mol. The molecule has 0 unspecified atom stereocenters. The van der Waals surface area contributed by atoms with Crippen molar-refractivity contribution in [1.82, 2.24) is 0 Å². The second-order valence-electron chi connectivity index (χ2n) is 3.71. The van der Waals surface area contributed by atoms with Crippen molar-refractivity contribution >= 4 is 13.8 Å². The Morgan fingerprint density at radius 1 is 1.00 bits per heavy atom. The van der Waals surface area contributed by atoms with Crippen LogP contribution in [0.2, 0.25) is 0 Å². The van der Waals surface area contributed by atoms with Crippen molar-refractivity contribution in [3.05, 3.63) is 59.7 Å². The summed E-state index contributed by atoms with van der Waals surface area (Å²) in [6, 6.07) is 15.6. The van der Waals surface area contributed by atoms with Gasteiger partial charge >= 0.3 is 0 Å². The van der Waals surface area contributed by atoms with Gasteiger partial charge in [-0.05, 0) is 23.3 Å². The van der Waals surface area contributed by atoms with Crippen molar-refractivity contribution in [2.75, 3.05) is 7.11 Å². The van der Waals surface area contributed by atoms with E-state index in [-0.39, 0.29) is 8.46 Å². The van der Waals surface area contributed by atoms with Gasteiger partial charge in [0.2, 0.25) is 0 Å². The van der Waals surface area contributed by atoms with Gasteiger partial charge in [-0.2, -0.15) is 0 Å². The third-order valence-electron chi connectivity index (χ3n) is 2.66. The highest BCUT2D eigenvalue weighted by molar-refractivity contribution is 7.34. The number of benzene rings is 2. The molecule has 0 saturated heterocycles. The Morgan fingerprint density at radius 2 is 1.65 bits per heavy atom. The Bertz CT molecular complexity index is 523. The molecule has 0 radical (unpaired) electrons. The van der Waals surface area contributed by atoms with E-state index >= 15 is 0 Å². The molecular weight excluding hydrogens is 231 g/mol. The van der Waals surface area contributed by atoms with Crippen LogP contribution in [0.3, 0.4) is 0 Å². The Morgan fingerprint density at radius 3 is 2.35 bits per heavy atom. The first-order valence-corrected chi connectivity index (χ1v) is 6.19. The van der Waals surface area contributed by atoms with Crippen molar-refractivity contribution in [3.63, 3.8) is 0 Å². The lowest BCUT2D eigenvalue weighted by molar-refractivity contribution is 0.410. The number of para-hydroxylation sites is 1. The summed E-state index contributed by atoms with van der Waals surface area (Å²) in [6.07, 6.45) is 0.732. The Labute approximate surface area is 102 Å². The van der Waals surface area contributed by atoms with Crippen LogP contribution in [0.1, 0.15) is 11.1 Å². The molecule has 86 valence electrons. The standard InChI is InChI=1S/C14H13O2P/c1-16-13-8-4-2-6-11(13)10-12-7-3-5-9-14(12)17-15/h2-9H,10H2,1H3. The zero-order chi connectivity index (χ0) is 12.1. The molecule has 0 N–H and O–H groups in total. The molecule has 2 nitrogen and oxygen atoms in total. The first-order chi connectivity index (χ1) is 8.35. The number of ether oxygens (including phenoxy) is 1. The van der Waals surface area contributed by atoms with Gasteiger partial charge < -0.3 is 4.74 Å². The average molecular weight is 244 g/mol. The molecule has 0 atom stereocenters. The van der Waals surface area contributed by atoms with Crippen LogP contribution in [0.25, 0.3) is 0 Å². The third-order valence-corrected chi connectivity index (χ3v) is 3.30. The normalized spacial score (nSPS) is 10.4. The van der Waals surface area contributed by atoms with Crippen LogP contribution < -0.4 is 10.0 Å². The van der Waals surface area contributed by atoms with E-state index in [4.69, 9.17) is 4.74 Å². The quantitative estimate of drug-likeness (QED) is 0.772. The lowest BCUT2D eigenvalue weighted by Gasteiger charge is -2.09. The molecule has 0 aromatic heterocycles. The molecule has 0 heterocycles. The van der Waals surface area contributed by atoms with E-state index in [1.807, 2.05) is 48.5 Å². The van der Waals surface area contributed by atoms with Gasteiger partial charge in [-0.15, -0.1) is 0 Å². The molecule has 2 aromatic rings. The molecule has 3 heteroatoms. The summed E-state index contributed by atoms with van der Waals surface area (Å²) in [6.45, 7) is 0. The van der Waals surface area contributed by atoms with E-state index in [1.165, 1.54) is 0 Å². The molecule has 2 aromatic carbocycles. The SMILES string of the molecule is COc1ccccc1Cc1ccccc1P=O. The summed E-state index contributed by atoms with van der Waals surface area (Å²) < 4.78 is 16.3. The van der Waals surface area contributed by atoms with Gasteiger partial charge in [0.25, 0.3) is 0 Å². The molecule has 0 saturated carbocycles. The molecule has 2 rings (SSSR count). The molecular formula is C14H13O2P.